The van der Waals surface area contributed by atoms with E-state index >= 15 is 0 Å². The molecule has 0 spiro atoms. The first kappa shape index (κ1) is 17.0. The monoisotopic (exact) mass is 378 g/mol. The maximum Gasteiger partial charge on any atom is 0.247 e. The number of nitrogens with zero attached hydrogens (tertiary/aromatic N) is 4. The van der Waals surface area contributed by atoms with Crippen LogP contribution in [0.2, 0.25) is 0 Å². The number of benzene rings is 1. The third-order valence-electron chi connectivity index (χ3n) is 5.32. The highest BCUT2D eigenvalue weighted by Crippen LogP contribution is 2.25. The van der Waals surface area contributed by atoms with Gasteiger partial charge < -0.3 is 20.3 Å². The molecule has 8 nitrogen and oxygen atoms in total. The summed E-state index contributed by atoms with van der Waals surface area (Å²) in [6.07, 6.45) is 3.41. The van der Waals surface area contributed by atoms with Gasteiger partial charge in [0.05, 0.1) is 11.8 Å². The zero-order valence-corrected chi connectivity index (χ0v) is 15.6. The van der Waals surface area contributed by atoms with E-state index in [2.05, 4.69) is 25.9 Å². The predicted octanol–water partition coefficient (Wildman–Crippen LogP) is 3.64. The van der Waals surface area contributed by atoms with E-state index in [0.29, 0.717) is 12.0 Å². The molecule has 0 saturated heterocycles. The van der Waals surface area contributed by atoms with Gasteiger partial charge in [-0.2, -0.15) is 9.50 Å². The molecule has 3 N–H and O–H groups in total. The Balaban J connectivity index is 1.39. The largest absolute Gasteiger partial charge is 0.393 e. The van der Waals surface area contributed by atoms with Gasteiger partial charge in [0.1, 0.15) is 5.82 Å². The van der Waals surface area contributed by atoms with Gasteiger partial charge in [-0.05, 0) is 56.9 Å². The van der Waals surface area contributed by atoms with E-state index in [1.807, 2.05) is 47.8 Å². The highest BCUT2D eigenvalue weighted by molar-refractivity contribution is 5.83. The average Bonchev–Trinajstić information content (AvgIpc) is 3.27. The Kier molecular flexibility index (Phi) is 4.12. The normalized spacial score (nSPS) is 19.9. The van der Waals surface area contributed by atoms with E-state index in [9.17, 15) is 5.11 Å². The van der Waals surface area contributed by atoms with Crippen LogP contribution in [0.3, 0.4) is 0 Å². The molecule has 1 aliphatic carbocycles. The van der Waals surface area contributed by atoms with E-state index in [0.717, 1.165) is 59.5 Å². The molecular weight excluding hydrogens is 356 g/mol. The number of rotatable bonds is 4. The number of pyridine rings is 1. The number of aliphatic hydroxyl groups excluding tert-OH is 1. The van der Waals surface area contributed by atoms with Crippen LogP contribution >= 0.6 is 0 Å². The Morgan fingerprint density at radius 3 is 2.86 bits per heavy atom. The van der Waals surface area contributed by atoms with Crippen LogP contribution in [0.15, 0.2) is 40.9 Å². The smallest absolute Gasteiger partial charge is 0.247 e. The van der Waals surface area contributed by atoms with Gasteiger partial charge in [0.25, 0.3) is 0 Å². The molecule has 28 heavy (non-hydrogen) atoms. The zero-order valence-electron chi connectivity index (χ0n) is 15.6. The quantitative estimate of drug-likeness (QED) is 0.498. The molecule has 0 amide bonds. The summed E-state index contributed by atoms with van der Waals surface area (Å²) in [4.78, 5) is 4.57. The summed E-state index contributed by atoms with van der Waals surface area (Å²) in [5, 5.41) is 26.1. The second-order valence-electron chi connectivity index (χ2n) is 7.37. The Morgan fingerprint density at radius 1 is 1.14 bits per heavy atom. The summed E-state index contributed by atoms with van der Waals surface area (Å²) >= 11 is 0. The summed E-state index contributed by atoms with van der Waals surface area (Å²) in [5.74, 6) is 1.42. The second-order valence-corrected chi connectivity index (χ2v) is 7.37. The lowest BCUT2D eigenvalue weighted by molar-refractivity contribution is 0.126. The van der Waals surface area contributed by atoms with Crippen LogP contribution in [-0.4, -0.2) is 37.0 Å². The van der Waals surface area contributed by atoms with Crippen LogP contribution in [0.4, 0.5) is 17.5 Å². The second kappa shape index (κ2) is 6.79. The summed E-state index contributed by atoms with van der Waals surface area (Å²) < 4.78 is 7.14. The molecule has 3 aromatic heterocycles. The van der Waals surface area contributed by atoms with Crippen molar-refractivity contribution in [1.82, 2.24) is 19.8 Å². The maximum absolute atomic E-state index is 9.70. The van der Waals surface area contributed by atoms with Crippen LogP contribution in [0.5, 0.6) is 0 Å². The third-order valence-corrected chi connectivity index (χ3v) is 5.32. The van der Waals surface area contributed by atoms with Gasteiger partial charge in [-0.1, -0.05) is 11.2 Å². The van der Waals surface area contributed by atoms with E-state index in [-0.39, 0.29) is 6.10 Å². The van der Waals surface area contributed by atoms with E-state index < -0.39 is 0 Å². The van der Waals surface area contributed by atoms with Crippen molar-refractivity contribution >= 4 is 34.1 Å². The number of hydrogen-bond acceptors (Lipinski definition) is 7. The lowest BCUT2D eigenvalue weighted by Crippen LogP contribution is -2.29. The average molecular weight is 378 g/mol. The minimum atomic E-state index is -0.165. The Morgan fingerprint density at radius 2 is 2.00 bits per heavy atom. The van der Waals surface area contributed by atoms with Gasteiger partial charge in [-0.3, -0.25) is 0 Å². The molecule has 0 radical (unpaired) electrons. The number of nitrogens with one attached hydrogen (secondary N) is 2. The summed E-state index contributed by atoms with van der Waals surface area (Å²) in [7, 11) is 0. The molecule has 0 atom stereocenters. The highest BCUT2D eigenvalue weighted by Gasteiger charge is 2.20. The Labute approximate surface area is 161 Å². The number of anilines is 3. The number of hydrogen-bond donors (Lipinski definition) is 3. The molecular formula is C20H22N6O2. The molecule has 8 heteroatoms. The summed E-state index contributed by atoms with van der Waals surface area (Å²) in [6.45, 7) is 1.92. The van der Waals surface area contributed by atoms with Gasteiger partial charge in [0, 0.05) is 23.2 Å². The fourth-order valence-electron chi connectivity index (χ4n) is 3.77. The SMILES string of the molecule is Cc1noc2cc(Nc3nc4cccc(N[C@H]5CC[C@@H](O)CC5)n4n3)ccc12. The number of fused-ring (bicyclic) bond motifs is 2. The molecule has 1 aromatic carbocycles. The minimum absolute atomic E-state index is 0.165. The lowest BCUT2D eigenvalue weighted by Gasteiger charge is -2.26. The molecule has 1 saturated carbocycles. The topological polar surface area (TPSA) is 101 Å². The van der Waals surface area contributed by atoms with Crippen molar-refractivity contribution in [3.63, 3.8) is 0 Å². The van der Waals surface area contributed by atoms with Crippen molar-refractivity contribution in [2.45, 2.75) is 44.8 Å². The van der Waals surface area contributed by atoms with Gasteiger partial charge in [0.2, 0.25) is 5.95 Å². The van der Waals surface area contributed by atoms with Crippen LogP contribution in [0.25, 0.3) is 16.6 Å². The van der Waals surface area contributed by atoms with Crippen molar-refractivity contribution in [1.29, 1.82) is 0 Å². The zero-order chi connectivity index (χ0) is 19.1. The van der Waals surface area contributed by atoms with Gasteiger partial charge >= 0.3 is 0 Å². The molecule has 144 valence electrons. The molecule has 3 heterocycles. The van der Waals surface area contributed by atoms with Gasteiger partial charge in [0.15, 0.2) is 11.2 Å². The number of aryl methyl sites for hydroxylation is 1. The fraction of sp³-hybridized carbons (Fsp3) is 0.350. The minimum Gasteiger partial charge on any atom is -0.393 e. The van der Waals surface area contributed by atoms with Crippen molar-refractivity contribution in [2.75, 3.05) is 10.6 Å². The maximum atomic E-state index is 9.70. The molecule has 1 fully saturated rings. The van der Waals surface area contributed by atoms with E-state index in [1.54, 1.807) is 0 Å². The van der Waals surface area contributed by atoms with Gasteiger partial charge in [-0.15, -0.1) is 5.10 Å². The molecule has 1 aliphatic rings. The van der Waals surface area contributed by atoms with Crippen molar-refractivity contribution < 1.29 is 9.63 Å². The van der Waals surface area contributed by atoms with Crippen molar-refractivity contribution in [3.05, 3.63) is 42.1 Å². The van der Waals surface area contributed by atoms with Crippen LogP contribution in [-0.2, 0) is 0 Å². The Bertz CT molecular complexity index is 1130. The van der Waals surface area contributed by atoms with Crippen molar-refractivity contribution in [3.8, 4) is 0 Å². The molecule has 0 unspecified atom stereocenters. The standard InChI is InChI=1S/C20H22N6O2/c1-12-16-10-7-14(11-17(16)28-25-12)22-20-23-19-4-2-3-18(26(19)24-20)21-13-5-8-15(27)9-6-13/h2-4,7,10-11,13,15,21,27H,5-6,8-9H2,1H3,(H,22,24)/t13-,15+. The molecule has 0 aliphatic heterocycles. The fourth-order valence-corrected chi connectivity index (χ4v) is 3.77. The molecule has 0 bridgehead atoms. The molecule has 5 rings (SSSR count). The first-order chi connectivity index (χ1) is 13.7. The van der Waals surface area contributed by atoms with Crippen molar-refractivity contribution in [2.24, 2.45) is 0 Å². The first-order valence-electron chi connectivity index (χ1n) is 9.59. The van der Waals surface area contributed by atoms with E-state index in [1.165, 1.54) is 0 Å². The number of aliphatic hydroxyl groups is 1. The summed E-state index contributed by atoms with van der Waals surface area (Å²) in [6, 6.07) is 12.1. The van der Waals surface area contributed by atoms with Crippen LogP contribution in [0, 0.1) is 6.92 Å². The van der Waals surface area contributed by atoms with E-state index in [4.69, 9.17) is 4.52 Å². The highest BCUT2D eigenvalue weighted by atomic mass is 16.5. The Hall–Kier alpha value is -3.13. The first-order valence-corrected chi connectivity index (χ1v) is 9.59. The number of aromatic nitrogens is 4. The van der Waals surface area contributed by atoms with Gasteiger partial charge in [-0.25, -0.2) is 0 Å². The van der Waals surface area contributed by atoms with Crippen LogP contribution < -0.4 is 10.6 Å². The predicted molar refractivity (Wildman–Crippen MR) is 107 cm³/mol. The molecule has 4 aromatic rings. The van der Waals surface area contributed by atoms with Crippen LogP contribution in [0.1, 0.15) is 31.4 Å². The third kappa shape index (κ3) is 3.16. The summed E-state index contributed by atoms with van der Waals surface area (Å²) in [5.41, 5.74) is 3.21. The lowest BCUT2D eigenvalue weighted by atomic mass is 9.93.